The van der Waals surface area contributed by atoms with Crippen LogP contribution in [0, 0.1) is 0 Å². The van der Waals surface area contributed by atoms with Crippen LogP contribution in [0.2, 0.25) is 0 Å². The first-order valence-corrected chi connectivity index (χ1v) is 5.22. The van der Waals surface area contributed by atoms with Crippen molar-refractivity contribution in [3.63, 3.8) is 0 Å². The Kier molecular flexibility index (Phi) is 5.36. The Morgan fingerprint density at radius 3 is 2.93 bits per heavy atom. The van der Waals surface area contributed by atoms with Crippen LogP contribution in [0.5, 0.6) is 0 Å². The van der Waals surface area contributed by atoms with Gasteiger partial charge >= 0.3 is 5.97 Å². The predicted octanol–water partition coefficient (Wildman–Crippen LogP) is 1.65. The molecular formula is C11H18O4. The lowest BCUT2D eigenvalue weighted by molar-refractivity contribution is -0.139. The first-order chi connectivity index (χ1) is 7.20. The van der Waals surface area contributed by atoms with Gasteiger partial charge in [-0.3, -0.25) is 0 Å². The molecule has 1 fully saturated rings. The molecule has 1 heterocycles. The fraction of sp³-hybridized carbons (Fsp3) is 0.727. The summed E-state index contributed by atoms with van der Waals surface area (Å²) in [6, 6.07) is 0. The second-order valence-electron chi connectivity index (χ2n) is 3.69. The maximum absolute atomic E-state index is 11.0. The summed E-state index contributed by atoms with van der Waals surface area (Å²) in [5.41, 5.74) is 0.447. The van der Waals surface area contributed by atoms with Crippen molar-refractivity contribution in [2.24, 2.45) is 0 Å². The normalized spacial score (nSPS) is 20.2. The third-order valence-corrected chi connectivity index (χ3v) is 2.19. The van der Waals surface area contributed by atoms with E-state index in [1.807, 2.05) is 0 Å². The molecule has 15 heavy (non-hydrogen) atoms. The van der Waals surface area contributed by atoms with Crippen molar-refractivity contribution in [1.29, 1.82) is 0 Å². The van der Waals surface area contributed by atoms with E-state index in [4.69, 9.17) is 14.2 Å². The summed E-state index contributed by atoms with van der Waals surface area (Å²) in [7, 11) is 0. The van der Waals surface area contributed by atoms with Crippen molar-refractivity contribution in [3.05, 3.63) is 12.2 Å². The number of carbonyl (C=O) groups excluding carboxylic acids is 1. The van der Waals surface area contributed by atoms with E-state index in [1.54, 1.807) is 6.92 Å². The van der Waals surface area contributed by atoms with Gasteiger partial charge in [0, 0.05) is 5.57 Å². The average Bonchev–Trinajstić information content (AvgIpc) is 2.69. The molecule has 1 rings (SSSR count). The molecule has 86 valence electrons. The Morgan fingerprint density at radius 1 is 1.53 bits per heavy atom. The number of rotatable bonds is 6. The summed E-state index contributed by atoms with van der Waals surface area (Å²) in [6.07, 6.45) is 3.03. The number of hydrogen-bond donors (Lipinski definition) is 0. The molecule has 0 spiro atoms. The van der Waals surface area contributed by atoms with Crippen LogP contribution in [-0.2, 0) is 19.0 Å². The summed E-state index contributed by atoms with van der Waals surface area (Å²) in [4.78, 5) is 11.0. The molecule has 0 N–H and O–H groups in total. The summed E-state index contributed by atoms with van der Waals surface area (Å²) >= 11 is 0. The Balaban J connectivity index is 1.92. The Morgan fingerprint density at radius 2 is 2.33 bits per heavy atom. The van der Waals surface area contributed by atoms with E-state index in [0.29, 0.717) is 25.6 Å². The van der Waals surface area contributed by atoms with Gasteiger partial charge < -0.3 is 14.2 Å². The topological polar surface area (TPSA) is 44.8 Å². The van der Waals surface area contributed by atoms with Gasteiger partial charge in [0.05, 0.1) is 19.3 Å². The van der Waals surface area contributed by atoms with E-state index in [-0.39, 0.29) is 12.1 Å². The third-order valence-electron chi connectivity index (χ3n) is 2.19. The van der Waals surface area contributed by atoms with Gasteiger partial charge in [-0.15, -0.1) is 0 Å². The minimum atomic E-state index is -0.310. The number of carbonyl (C=O) groups is 1. The van der Waals surface area contributed by atoms with Gasteiger partial charge in [0.15, 0.2) is 0 Å². The maximum Gasteiger partial charge on any atom is 0.333 e. The average molecular weight is 214 g/mol. The Hall–Kier alpha value is -0.870. The van der Waals surface area contributed by atoms with E-state index in [0.717, 1.165) is 19.3 Å². The lowest BCUT2D eigenvalue weighted by Crippen LogP contribution is -2.10. The van der Waals surface area contributed by atoms with E-state index < -0.39 is 0 Å². The molecule has 0 aromatic heterocycles. The molecule has 4 heteroatoms. The van der Waals surface area contributed by atoms with Crippen LogP contribution >= 0.6 is 0 Å². The monoisotopic (exact) mass is 214 g/mol. The third kappa shape index (κ3) is 4.95. The second-order valence-corrected chi connectivity index (χ2v) is 3.69. The van der Waals surface area contributed by atoms with Crippen LogP contribution in [-0.4, -0.2) is 32.1 Å². The van der Waals surface area contributed by atoms with Crippen LogP contribution in [0.3, 0.4) is 0 Å². The number of esters is 1. The van der Waals surface area contributed by atoms with E-state index >= 15 is 0 Å². The van der Waals surface area contributed by atoms with Gasteiger partial charge in [-0.25, -0.2) is 4.79 Å². The quantitative estimate of drug-likeness (QED) is 0.383. The Labute approximate surface area is 90.2 Å². The Bertz CT molecular complexity index is 219. The van der Waals surface area contributed by atoms with Gasteiger partial charge in [-0.05, 0) is 26.2 Å². The van der Waals surface area contributed by atoms with Crippen molar-refractivity contribution < 1.29 is 19.0 Å². The summed E-state index contributed by atoms with van der Waals surface area (Å²) < 4.78 is 15.3. The van der Waals surface area contributed by atoms with Gasteiger partial charge in [-0.1, -0.05) is 6.58 Å². The zero-order chi connectivity index (χ0) is 11.1. The predicted molar refractivity (Wildman–Crippen MR) is 55.3 cm³/mol. The van der Waals surface area contributed by atoms with Crippen molar-refractivity contribution >= 4 is 5.97 Å². The van der Waals surface area contributed by atoms with Gasteiger partial charge in [-0.2, -0.15) is 0 Å². The van der Waals surface area contributed by atoms with Gasteiger partial charge in [0.25, 0.3) is 0 Å². The van der Waals surface area contributed by atoms with Crippen molar-refractivity contribution in [3.8, 4) is 0 Å². The van der Waals surface area contributed by atoms with Gasteiger partial charge in [0.1, 0.15) is 6.79 Å². The molecule has 1 aliphatic rings. The molecule has 1 unspecified atom stereocenters. The van der Waals surface area contributed by atoms with Crippen LogP contribution in [0.4, 0.5) is 0 Å². The zero-order valence-electron chi connectivity index (χ0n) is 9.16. The molecule has 0 bridgehead atoms. The summed E-state index contributed by atoms with van der Waals surface area (Å²) in [5.74, 6) is -0.310. The standard InChI is InChI=1S/C11H18O4/c1-9(2)11(12)14-6-4-3-5-10-7-13-8-15-10/h10H,1,3-8H2,2H3. The maximum atomic E-state index is 11.0. The van der Waals surface area contributed by atoms with Crippen molar-refractivity contribution in [2.75, 3.05) is 20.0 Å². The van der Waals surface area contributed by atoms with Crippen LogP contribution in [0.1, 0.15) is 26.2 Å². The lowest BCUT2D eigenvalue weighted by atomic mass is 10.2. The summed E-state index contributed by atoms with van der Waals surface area (Å²) in [6.45, 7) is 6.71. The minimum Gasteiger partial charge on any atom is -0.462 e. The highest BCUT2D eigenvalue weighted by Crippen LogP contribution is 2.10. The van der Waals surface area contributed by atoms with E-state index in [9.17, 15) is 4.79 Å². The van der Waals surface area contributed by atoms with Crippen LogP contribution < -0.4 is 0 Å². The first-order valence-electron chi connectivity index (χ1n) is 5.22. The minimum absolute atomic E-state index is 0.224. The van der Waals surface area contributed by atoms with Crippen molar-refractivity contribution in [2.45, 2.75) is 32.3 Å². The molecule has 0 amide bonds. The number of hydrogen-bond acceptors (Lipinski definition) is 4. The molecule has 0 aliphatic carbocycles. The molecule has 1 atom stereocenters. The zero-order valence-corrected chi connectivity index (χ0v) is 9.16. The molecular weight excluding hydrogens is 196 g/mol. The van der Waals surface area contributed by atoms with E-state index in [1.165, 1.54) is 0 Å². The van der Waals surface area contributed by atoms with Crippen molar-refractivity contribution in [1.82, 2.24) is 0 Å². The fourth-order valence-electron chi connectivity index (χ4n) is 1.30. The number of unbranched alkanes of at least 4 members (excludes halogenated alkanes) is 1. The smallest absolute Gasteiger partial charge is 0.333 e. The van der Waals surface area contributed by atoms with Gasteiger partial charge in [0.2, 0.25) is 0 Å². The first kappa shape index (κ1) is 12.2. The highest BCUT2D eigenvalue weighted by atomic mass is 16.7. The molecule has 0 saturated carbocycles. The fourth-order valence-corrected chi connectivity index (χ4v) is 1.30. The number of ether oxygens (including phenoxy) is 3. The highest BCUT2D eigenvalue weighted by molar-refractivity contribution is 5.86. The largest absolute Gasteiger partial charge is 0.462 e. The SMILES string of the molecule is C=C(C)C(=O)OCCCCC1COCO1. The van der Waals surface area contributed by atoms with Crippen LogP contribution in [0.15, 0.2) is 12.2 Å². The lowest BCUT2D eigenvalue weighted by Gasteiger charge is -2.07. The van der Waals surface area contributed by atoms with E-state index in [2.05, 4.69) is 6.58 Å². The molecule has 0 aromatic carbocycles. The molecule has 1 saturated heterocycles. The molecule has 1 aliphatic heterocycles. The summed E-state index contributed by atoms with van der Waals surface area (Å²) in [5, 5.41) is 0. The second kappa shape index (κ2) is 6.58. The molecule has 0 aromatic rings. The molecule has 0 radical (unpaired) electrons. The van der Waals surface area contributed by atoms with Crippen LogP contribution in [0.25, 0.3) is 0 Å². The highest BCUT2D eigenvalue weighted by Gasteiger charge is 2.15. The molecule has 4 nitrogen and oxygen atoms in total.